The number of carboxylic acid groups (broad SMARTS) is 2. The van der Waals surface area contributed by atoms with Crippen molar-refractivity contribution in [3.05, 3.63) is 0 Å². The van der Waals surface area contributed by atoms with Crippen LogP contribution in [0.4, 0.5) is 35.1 Å². The van der Waals surface area contributed by atoms with E-state index in [2.05, 4.69) is 0 Å². The Balaban J connectivity index is 5.27. The third kappa shape index (κ3) is 3.89. The van der Waals surface area contributed by atoms with Crippen molar-refractivity contribution in [3.63, 3.8) is 0 Å². The lowest BCUT2D eigenvalue weighted by atomic mass is 10.5. The second-order valence-corrected chi connectivity index (χ2v) is 2.85. The summed E-state index contributed by atoms with van der Waals surface area (Å²) in [6.45, 7) is 0. The van der Waals surface area contributed by atoms with Gasteiger partial charge in [0.1, 0.15) is 11.9 Å². The minimum atomic E-state index is -6.64. The van der Waals surface area contributed by atoms with Crippen molar-refractivity contribution in [2.75, 3.05) is 0 Å². The summed E-state index contributed by atoms with van der Waals surface area (Å²) in [4.78, 5) is 19.1. The molecule has 0 atom stereocenters. The van der Waals surface area contributed by atoms with Gasteiger partial charge in [-0.1, -0.05) is 0 Å². The number of hydrogen-bond donors (Lipinski definition) is 0. The van der Waals surface area contributed by atoms with Crippen LogP contribution in [0.3, 0.4) is 0 Å². The van der Waals surface area contributed by atoms with E-state index in [9.17, 15) is 54.9 Å². The number of hydrogen-bond acceptors (Lipinski definition) is 6. The third-order valence-corrected chi connectivity index (χ3v) is 1.33. The number of ether oxygens (including phenoxy) is 2. The molecule has 0 aromatic carbocycles. The van der Waals surface area contributed by atoms with E-state index in [1.54, 1.807) is 0 Å². The molecule has 0 saturated heterocycles. The summed E-state index contributed by atoms with van der Waals surface area (Å²) in [6, 6.07) is 0. The van der Waals surface area contributed by atoms with Crippen LogP contribution in [0.1, 0.15) is 0 Å². The maximum absolute atomic E-state index is 12.4. The van der Waals surface area contributed by atoms with Gasteiger partial charge < -0.3 is 19.8 Å². The maximum atomic E-state index is 12.4. The number of alkyl halides is 8. The predicted octanol–water partition coefficient (Wildman–Crippen LogP) is -1.11. The third-order valence-electron chi connectivity index (χ3n) is 1.33. The van der Waals surface area contributed by atoms with Crippen LogP contribution in [0.2, 0.25) is 0 Å². The fraction of sp³-hybridized carbons (Fsp3) is 0.667. The van der Waals surface area contributed by atoms with Crippen molar-refractivity contribution in [1.82, 2.24) is 0 Å². The molecule has 0 aliphatic heterocycles. The molecule has 0 heterocycles. The molecule has 6 nitrogen and oxygen atoms in total. The van der Waals surface area contributed by atoms with Crippen LogP contribution in [-0.4, -0.2) is 36.4 Å². The van der Waals surface area contributed by atoms with E-state index >= 15 is 0 Å². The van der Waals surface area contributed by atoms with Crippen molar-refractivity contribution in [2.24, 2.45) is 0 Å². The van der Waals surface area contributed by atoms with Crippen LogP contribution >= 0.6 is 0 Å². The predicted molar refractivity (Wildman–Crippen MR) is 32.0 cm³/mol. The summed E-state index contributed by atoms with van der Waals surface area (Å²) in [7, 11) is 0. The summed E-state index contributed by atoms with van der Waals surface area (Å²) in [5, 5.41) is 19.1. The average molecular weight is 320 g/mol. The second kappa shape index (κ2) is 5.01. The first-order chi connectivity index (χ1) is 8.55. The highest BCUT2D eigenvalue weighted by molar-refractivity contribution is 5.71. The van der Waals surface area contributed by atoms with Crippen LogP contribution in [0, 0.1) is 0 Å². The Hall–Kier alpha value is -1.70. The Morgan fingerprint density at radius 2 is 0.850 bits per heavy atom. The molecule has 0 N–H and O–H groups in total. The van der Waals surface area contributed by atoms with Gasteiger partial charge in [-0.3, -0.25) is 0 Å². The molecule has 0 aromatic rings. The fourth-order valence-electron chi connectivity index (χ4n) is 0.524. The number of halogens is 8. The average Bonchev–Trinajstić information content (AvgIpc) is 2.12. The molecule has 20 heavy (non-hydrogen) atoms. The Kier molecular flexibility index (Phi) is 4.58. The first-order valence-corrected chi connectivity index (χ1v) is 3.89. The molecule has 0 saturated carbocycles. The van der Waals surface area contributed by atoms with Crippen LogP contribution < -0.4 is 10.2 Å². The normalized spacial score (nSPS) is 14.2. The number of aliphatic carboxylic acids is 2. The van der Waals surface area contributed by atoms with Gasteiger partial charge in [-0.25, -0.2) is 9.47 Å². The number of carbonyl (C=O) groups is 2. The molecule has 0 aromatic heterocycles. The molecule has 0 aliphatic carbocycles. The summed E-state index contributed by atoms with van der Waals surface area (Å²) >= 11 is 0. The second-order valence-electron chi connectivity index (χ2n) is 2.85. The Labute approximate surface area is 102 Å². The lowest BCUT2D eigenvalue weighted by molar-refractivity contribution is -0.514. The number of carboxylic acids is 2. The van der Waals surface area contributed by atoms with Gasteiger partial charge in [0, 0.05) is 0 Å². The first-order valence-electron chi connectivity index (χ1n) is 3.89. The van der Waals surface area contributed by atoms with Crippen LogP contribution in [0.25, 0.3) is 0 Å². The van der Waals surface area contributed by atoms with E-state index < -0.39 is 36.4 Å². The standard InChI is InChI=1S/C6H2F8O6/c7-3(8,1(15)16)19-5(11,12)6(13,14)20-4(9,10)2(17)18/h(H,15,16)(H,17,18)/p-2. The summed E-state index contributed by atoms with van der Waals surface area (Å²) in [5.74, 6) is -7.39. The molecule has 0 unspecified atom stereocenters. The van der Waals surface area contributed by atoms with E-state index in [0.717, 1.165) is 0 Å². The smallest absolute Gasteiger partial charge is 0.453 e. The van der Waals surface area contributed by atoms with Gasteiger partial charge in [0.25, 0.3) is 0 Å². The minimum Gasteiger partial charge on any atom is -0.542 e. The van der Waals surface area contributed by atoms with E-state index in [4.69, 9.17) is 0 Å². The summed E-state index contributed by atoms with van der Waals surface area (Å²) in [6.07, 6.45) is -25.3. The molecule has 0 bridgehead atoms. The molecule has 14 heteroatoms. The van der Waals surface area contributed by atoms with Gasteiger partial charge in [-0.2, -0.15) is 35.1 Å². The van der Waals surface area contributed by atoms with Crippen LogP contribution in [-0.2, 0) is 19.1 Å². The molecule has 0 aliphatic rings. The van der Waals surface area contributed by atoms with Crippen molar-refractivity contribution >= 4 is 11.9 Å². The van der Waals surface area contributed by atoms with Crippen LogP contribution in [0.15, 0.2) is 0 Å². The van der Waals surface area contributed by atoms with E-state index in [-0.39, 0.29) is 0 Å². The Morgan fingerprint density at radius 3 is 1.00 bits per heavy atom. The lowest BCUT2D eigenvalue weighted by Gasteiger charge is -2.31. The van der Waals surface area contributed by atoms with Crippen molar-refractivity contribution in [2.45, 2.75) is 24.4 Å². The highest BCUT2D eigenvalue weighted by Gasteiger charge is 2.67. The van der Waals surface area contributed by atoms with Gasteiger partial charge in [-0.05, 0) is 0 Å². The van der Waals surface area contributed by atoms with Gasteiger partial charge in [0.15, 0.2) is 0 Å². The minimum absolute atomic E-state index is 1.83. The highest BCUT2D eigenvalue weighted by atomic mass is 19.3. The van der Waals surface area contributed by atoms with Gasteiger partial charge in [-0.15, -0.1) is 0 Å². The SMILES string of the molecule is O=C([O-])C(F)(F)OC(F)(F)C(F)(F)OC(F)(F)C(=O)[O-]. The van der Waals surface area contributed by atoms with E-state index in [1.807, 2.05) is 9.47 Å². The molecule has 118 valence electrons. The molecule has 0 spiro atoms. The van der Waals surface area contributed by atoms with Crippen LogP contribution in [0.5, 0.6) is 0 Å². The molecule has 0 fully saturated rings. The first kappa shape index (κ1) is 18.3. The maximum Gasteiger partial charge on any atom is 0.453 e. The summed E-state index contributed by atoms with van der Waals surface area (Å²) < 4.78 is 102. The fourth-order valence-corrected chi connectivity index (χ4v) is 0.524. The molecule has 0 rings (SSSR count). The summed E-state index contributed by atoms with van der Waals surface area (Å²) in [5.41, 5.74) is 0. The Morgan fingerprint density at radius 1 is 0.650 bits per heavy atom. The lowest BCUT2D eigenvalue weighted by Crippen LogP contribution is -2.57. The zero-order valence-corrected chi connectivity index (χ0v) is 8.47. The molecule has 0 radical (unpaired) electrons. The molecule has 0 amide bonds. The monoisotopic (exact) mass is 320 g/mol. The molecular formula is C6F8O6-2. The number of carbonyl (C=O) groups excluding carboxylic acids is 2. The van der Waals surface area contributed by atoms with Gasteiger partial charge in [0.05, 0.1) is 0 Å². The van der Waals surface area contributed by atoms with Crippen molar-refractivity contribution in [3.8, 4) is 0 Å². The highest BCUT2D eigenvalue weighted by Crippen LogP contribution is 2.42. The Bertz CT molecular complexity index is 368. The molecular weight excluding hydrogens is 320 g/mol. The number of rotatable bonds is 7. The zero-order chi connectivity index (χ0) is 16.6. The quantitative estimate of drug-likeness (QED) is 0.552. The van der Waals surface area contributed by atoms with Gasteiger partial charge in [0.2, 0.25) is 0 Å². The van der Waals surface area contributed by atoms with Gasteiger partial charge >= 0.3 is 24.4 Å². The largest absolute Gasteiger partial charge is 0.542 e. The zero-order valence-electron chi connectivity index (χ0n) is 8.47. The van der Waals surface area contributed by atoms with Crippen molar-refractivity contribution < 1.29 is 64.4 Å². The topological polar surface area (TPSA) is 98.7 Å². The van der Waals surface area contributed by atoms with E-state index in [1.165, 1.54) is 0 Å². The van der Waals surface area contributed by atoms with E-state index in [0.29, 0.717) is 0 Å². The van der Waals surface area contributed by atoms with Crippen molar-refractivity contribution in [1.29, 1.82) is 0 Å².